The summed E-state index contributed by atoms with van der Waals surface area (Å²) in [4.78, 5) is 12.4. The number of halogens is 2. The highest BCUT2D eigenvalue weighted by Gasteiger charge is 2.18. The number of rotatable bonds is 2. The second kappa shape index (κ2) is 7.54. The lowest BCUT2D eigenvalue weighted by atomic mass is 9.86. The highest BCUT2D eigenvalue weighted by Crippen LogP contribution is 2.26. The summed E-state index contributed by atoms with van der Waals surface area (Å²) in [5, 5.41) is 5.92. The molecule has 0 spiro atoms. The van der Waals surface area contributed by atoms with Crippen molar-refractivity contribution in [1.82, 2.24) is 5.32 Å². The van der Waals surface area contributed by atoms with Crippen LogP contribution in [0, 0.1) is 5.82 Å². The first kappa shape index (κ1) is 19.4. The number of hydrogen-bond donors (Lipinski definition) is 2. The Balaban J connectivity index is 0.00000225. The molecule has 25 heavy (non-hydrogen) atoms. The maximum absolute atomic E-state index is 14.6. The van der Waals surface area contributed by atoms with Crippen LogP contribution in [0.3, 0.4) is 0 Å². The zero-order valence-corrected chi connectivity index (χ0v) is 15.6. The van der Waals surface area contributed by atoms with Crippen LogP contribution in [0.4, 0.5) is 10.1 Å². The predicted octanol–water partition coefficient (Wildman–Crippen LogP) is 4.44. The Morgan fingerprint density at radius 2 is 1.80 bits per heavy atom. The molecular weight excluding hydrogens is 339 g/mol. The van der Waals surface area contributed by atoms with Gasteiger partial charge in [-0.3, -0.25) is 4.79 Å². The first-order chi connectivity index (χ1) is 11.4. The van der Waals surface area contributed by atoms with Gasteiger partial charge >= 0.3 is 0 Å². The number of fused-ring (bicyclic) bond motifs is 1. The van der Waals surface area contributed by atoms with Crippen LogP contribution in [-0.2, 0) is 18.4 Å². The maximum atomic E-state index is 14.6. The van der Waals surface area contributed by atoms with Gasteiger partial charge in [0.25, 0.3) is 5.91 Å². The van der Waals surface area contributed by atoms with Gasteiger partial charge in [0.2, 0.25) is 0 Å². The van der Waals surface area contributed by atoms with Gasteiger partial charge in [0.15, 0.2) is 0 Å². The van der Waals surface area contributed by atoms with E-state index in [1.54, 1.807) is 18.2 Å². The summed E-state index contributed by atoms with van der Waals surface area (Å²) in [5.74, 6) is -0.600. The zero-order chi connectivity index (χ0) is 17.3. The van der Waals surface area contributed by atoms with Crippen molar-refractivity contribution in [2.45, 2.75) is 39.2 Å². The van der Waals surface area contributed by atoms with E-state index < -0.39 is 0 Å². The van der Waals surface area contributed by atoms with E-state index in [9.17, 15) is 9.18 Å². The van der Waals surface area contributed by atoms with Crippen molar-refractivity contribution in [3.63, 3.8) is 0 Å². The fourth-order valence-corrected chi connectivity index (χ4v) is 2.95. The van der Waals surface area contributed by atoms with Crippen molar-refractivity contribution in [2.24, 2.45) is 0 Å². The van der Waals surface area contributed by atoms with Gasteiger partial charge in [-0.25, -0.2) is 4.39 Å². The molecule has 2 aromatic rings. The Morgan fingerprint density at radius 1 is 1.12 bits per heavy atom. The Labute approximate surface area is 154 Å². The van der Waals surface area contributed by atoms with Crippen molar-refractivity contribution in [2.75, 3.05) is 11.9 Å². The lowest BCUT2D eigenvalue weighted by Crippen LogP contribution is -2.25. The molecule has 1 heterocycles. The van der Waals surface area contributed by atoms with Gasteiger partial charge in [0.1, 0.15) is 5.82 Å². The van der Waals surface area contributed by atoms with E-state index in [4.69, 9.17) is 0 Å². The van der Waals surface area contributed by atoms with Crippen LogP contribution in [0.25, 0.3) is 0 Å². The third-order valence-corrected chi connectivity index (χ3v) is 4.47. The van der Waals surface area contributed by atoms with E-state index in [-0.39, 0.29) is 35.2 Å². The van der Waals surface area contributed by atoms with E-state index in [1.807, 2.05) is 18.2 Å². The lowest BCUT2D eigenvalue weighted by Gasteiger charge is -2.20. The lowest BCUT2D eigenvalue weighted by molar-refractivity contribution is 0.102. The molecule has 2 N–H and O–H groups in total. The van der Waals surface area contributed by atoms with Gasteiger partial charge in [-0.2, -0.15) is 0 Å². The molecule has 0 atom stereocenters. The minimum Gasteiger partial charge on any atom is -0.319 e. The molecule has 0 aliphatic carbocycles. The average Bonchev–Trinajstić information content (AvgIpc) is 2.57. The molecule has 0 radical (unpaired) electrons. The highest BCUT2D eigenvalue weighted by molar-refractivity contribution is 6.04. The standard InChI is InChI=1S/C20H23FN2O.ClH/c1-20(2,3)15-7-4-13(5-8-15)19(24)23-17-9-6-14-12-22-11-10-16(14)18(17)21;/h4-9,22H,10-12H2,1-3H3,(H,23,24);1H. The molecule has 0 fully saturated rings. The first-order valence-corrected chi connectivity index (χ1v) is 8.29. The molecule has 1 aliphatic rings. The maximum Gasteiger partial charge on any atom is 0.255 e. The number of carbonyl (C=O) groups is 1. The molecule has 0 saturated heterocycles. The molecule has 5 heteroatoms. The number of nitrogens with one attached hydrogen (secondary N) is 2. The summed E-state index contributed by atoms with van der Waals surface area (Å²) in [7, 11) is 0. The number of benzene rings is 2. The Hall–Kier alpha value is -1.91. The van der Waals surface area contributed by atoms with E-state index in [1.165, 1.54) is 0 Å². The third kappa shape index (κ3) is 4.20. The second-order valence-corrected chi connectivity index (χ2v) is 7.27. The molecule has 0 unspecified atom stereocenters. The zero-order valence-electron chi connectivity index (χ0n) is 14.8. The summed E-state index contributed by atoms with van der Waals surface area (Å²) in [6.07, 6.45) is 0.644. The van der Waals surface area contributed by atoms with Gasteiger partial charge in [-0.05, 0) is 53.3 Å². The summed E-state index contributed by atoms with van der Waals surface area (Å²) in [6.45, 7) is 7.81. The van der Waals surface area contributed by atoms with Gasteiger partial charge in [-0.15, -0.1) is 12.4 Å². The largest absolute Gasteiger partial charge is 0.319 e. The van der Waals surface area contributed by atoms with Crippen LogP contribution in [0.5, 0.6) is 0 Å². The van der Waals surface area contributed by atoms with Gasteiger partial charge in [0.05, 0.1) is 5.69 Å². The predicted molar refractivity (Wildman–Crippen MR) is 102 cm³/mol. The summed E-state index contributed by atoms with van der Waals surface area (Å²) >= 11 is 0. The monoisotopic (exact) mass is 362 g/mol. The molecule has 3 rings (SSSR count). The van der Waals surface area contributed by atoms with Gasteiger partial charge < -0.3 is 10.6 Å². The van der Waals surface area contributed by atoms with Crippen LogP contribution in [0.2, 0.25) is 0 Å². The molecule has 0 saturated carbocycles. The normalized spacial score (nSPS) is 13.6. The quantitative estimate of drug-likeness (QED) is 0.829. The fraction of sp³-hybridized carbons (Fsp3) is 0.350. The highest BCUT2D eigenvalue weighted by atomic mass is 35.5. The minimum atomic E-state index is -0.311. The average molecular weight is 363 g/mol. The number of carbonyl (C=O) groups excluding carboxylic acids is 1. The van der Waals surface area contributed by atoms with E-state index in [2.05, 4.69) is 31.4 Å². The van der Waals surface area contributed by atoms with E-state index in [0.717, 1.165) is 17.7 Å². The van der Waals surface area contributed by atoms with Crippen molar-refractivity contribution < 1.29 is 9.18 Å². The Morgan fingerprint density at radius 3 is 2.44 bits per heavy atom. The minimum absolute atomic E-state index is 0. The Kier molecular flexibility index (Phi) is 5.86. The molecule has 1 amide bonds. The van der Waals surface area contributed by atoms with Gasteiger partial charge in [0, 0.05) is 12.1 Å². The number of amides is 1. The van der Waals surface area contributed by atoms with Crippen molar-refractivity contribution in [1.29, 1.82) is 0 Å². The van der Waals surface area contributed by atoms with E-state index >= 15 is 0 Å². The van der Waals surface area contributed by atoms with Crippen molar-refractivity contribution in [3.8, 4) is 0 Å². The summed E-state index contributed by atoms with van der Waals surface area (Å²) in [6, 6.07) is 11.0. The number of anilines is 1. The van der Waals surface area contributed by atoms with Crippen LogP contribution in [0.15, 0.2) is 36.4 Å². The van der Waals surface area contributed by atoms with Gasteiger partial charge in [-0.1, -0.05) is 39.0 Å². The molecule has 2 aromatic carbocycles. The molecule has 3 nitrogen and oxygen atoms in total. The first-order valence-electron chi connectivity index (χ1n) is 8.29. The fourth-order valence-electron chi connectivity index (χ4n) is 2.95. The smallest absolute Gasteiger partial charge is 0.255 e. The molecular formula is C20H24ClFN2O. The number of hydrogen-bond acceptors (Lipinski definition) is 2. The van der Waals surface area contributed by atoms with Crippen LogP contribution >= 0.6 is 12.4 Å². The second-order valence-electron chi connectivity index (χ2n) is 7.27. The molecule has 0 aromatic heterocycles. The molecule has 134 valence electrons. The summed E-state index contributed by atoms with van der Waals surface area (Å²) < 4.78 is 14.6. The SMILES string of the molecule is CC(C)(C)c1ccc(C(=O)Nc2ccc3c(c2F)CCNC3)cc1.Cl. The van der Waals surface area contributed by atoms with Crippen molar-refractivity contribution in [3.05, 3.63) is 64.5 Å². The van der Waals surface area contributed by atoms with Crippen LogP contribution < -0.4 is 10.6 Å². The van der Waals surface area contributed by atoms with E-state index in [0.29, 0.717) is 24.1 Å². The Bertz CT molecular complexity index is 767. The molecule has 0 bridgehead atoms. The summed E-state index contributed by atoms with van der Waals surface area (Å²) in [5.41, 5.74) is 3.64. The molecule has 1 aliphatic heterocycles. The van der Waals surface area contributed by atoms with Crippen molar-refractivity contribution >= 4 is 24.0 Å². The topological polar surface area (TPSA) is 41.1 Å². The van der Waals surface area contributed by atoms with Crippen LogP contribution in [0.1, 0.15) is 47.8 Å². The third-order valence-electron chi connectivity index (χ3n) is 4.47. The van der Waals surface area contributed by atoms with Crippen LogP contribution in [-0.4, -0.2) is 12.5 Å².